The van der Waals surface area contributed by atoms with Crippen LogP contribution in [0.5, 0.6) is 0 Å². The molecule has 2 aromatic carbocycles. The highest BCUT2D eigenvalue weighted by Gasteiger charge is 2.19. The van der Waals surface area contributed by atoms with Crippen LogP contribution in [0.25, 0.3) is 11.1 Å². The van der Waals surface area contributed by atoms with Gasteiger partial charge < -0.3 is 0 Å². The summed E-state index contributed by atoms with van der Waals surface area (Å²) in [6.45, 7) is 7.90. The number of nitrogens with zero attached hydrogens (tertiary/aromatic N) is 2. The van der Waals surface area contributed by atoms with Crippen molar-refractivity contribution in [3.8, 4) is 11.1 Å². The fourth-order valence-electron chi connectivity index (χ4n) is 3.15. The van der Waals surface area contributed by atoms with Gasteiger partial charge in [0.1, 0.15) is 0 Å². The van der Waals surface area contributed by atoms with Gasteiger partial charge >= 0.3 is 0 Å². The largest absolute Gasteiger partial charge is 0.289 e. The van der Waals surface area contributed by atoms with Crippen molar-refractivity contribution in [2.45, 2.75) is 19.9 Å². The van der Waals surface area contributed by atoms with Crippen LogP contribution in [0.3, 0.4) is 0 Å². The Hall–Kier alpha value is -1.35. The van der Waals surface area contributed by atoms with E-state index < -0.39 is 0 Å². The van der Waals surface area contributed by atoms with E-state index in [9.17, 15) is 0 Å². The smallest absolute Gasteiger partial charge is 0.0510 e. The maximum absolute atomic E-state index is 6.01. The molecule has 1 aliphatic heterocycles. The van der Waals surface area contributed by atoms with Gasteiger partial charge in [-0.3, -0.25) is 9.80 Å². The Kier molecular flexibility index (Phi) is 5.14. The van der Waals surface area contributed by atoms with Gasteiger partial charge in [0.25, 0.3) is 0 Å². The van der Waals surface area contributed by atoms with Crippen LogP contribution in [0.15, 0.2) is 48.5 Å². The molecule has 0 unspecified atom stereocenters. The average molecular weight is 315 g/mol. The molecule has 2 aromatic rings. The van der Waals surface area contributed by atoms with Crippen molar-refractivity contribution in [1.29, 1.82) is 0 Å². The molecule has 0 bridgehead atoms. The summed E-state index contributed by atoms with van der Waals surface area (Å²) in [6.07, 6.45) is 1.23. The van der Waals surface area contributed by atoms with Crippen LogP contribution in [-0.2, 0) is 6.54 Å². The Morgan fingerprint density at radius 3 is 2.45 bits per heavy atom. The Morgan fingerprint density at radius 1 is 0.955 bits per heavy atom. The minimum absolute atomic E-state index is 0.788. The minimum atomic E-state index is 0.788. The standard InChI is InChI=1S/C19H23ClN2/c1-2-11-21-12-13-22(15-21)14-17-5-3-4-6-19(17)16-7-9-18(20)10-8-16/h3-10H,2,11-15H2,1H3. The van der Waals surface area contributed by atoms with Gasteiger partial charge in [0.2, 0.25) is 0 Å². The molecule has 1 fully saturated rings. The van der Waals surface area contributed by atoms with Crippen molar-refractivity contribution >= 4 is 11.6 Å². The molecule has 1 saturated heterocycles. The first-order chi connectivity index (χ1) is 10.8. The molecule has 1 aliphatic rings. The van der Waals surface area contributed by atoms with E-state index in [1.165, 1.54) is 36.2 Å². The van der Waals surface area contributed by atoms with Crippen LogP contribution in [0.1, 0.15) is 18.9 Å². The van der Waals surface area contributed by atoms with Crippen molar-refractivity contribution in [1.82, 2.24) is 9.80 Å². The number of halogens is 1. The van der Waals surface area contributed by atoms with Crippen molar-refractivity contribution in [3.63, 3.8) is 0 Å². The quantitative estimate of drug-likeness (QED) is 0.802. The van der Waals surface area contributed by atoms with Crippen LogP contribution < -0.4 is 0 Å². The van der Waals surface area contributed by atoms with Crippen molar-refractivity contribution in [3.05, 3.63) is 59.1 Å². The van der Waals surface area contributed by atoms with E-state index in [0.29, 0.717) is 0 Å². The van der Waals surface area contributed by atoms with Gasteiger partial charge in [-0.2, -0.15) is 0 Å². The zero-order valence-corrected chi connectivity index (χ0v) is 13.9. The maximum Gasteiger partial charge on any atom is 0.0510 e. The first-order valence-corrected chi connectivity index (χ1v) is 8.42. The summed E-state index contributed by atoms with van der Waals surface area (Å²) in [5.41, 5.74) is 3.95. The van der Waals surface area contributed by atoms with Crippen molar-refractivity contribution in [2.75, 3.05) is 26.3 Å². The van der Waals surface area contributed by atoms with Crippen LogP contribution >= 0.6 is 11.6 Å². The Labute approximate surface area is 138 Å². The van der Waals surface area contributed by atoms with Gasteiger partial charge in [-0.15, -0.1) is 0 Å². The van der Waals surface area contributed by atoms with Gasteiger partial charge in [0.15, 0.2) is 0 Å². The molecule has 0 N–H and O–H groups in total. The van der Waals surface area contributed by atoms with Gasteiger partial charge in [-0.1, -0.05) is 54.9 Å². The zero-order chi connectivity index (χ0) is 15.4. The summed E-state index contributed by atoms with van der Waals surface area (Å²) in [7, 11) is 0. The molecule has 0 amide bonds. The van der Waals surface area contributed by atoms with E-state index >= 15 is 0 Å². The van der Waals surface area contributed by atoms with Gasteiger partial charge in [0, 0.05) is 24.7 Å². The van der Waals surface area contributed by atoms with Crippen molar-refractivity contribution < 1.29 is 0 Å². The van der Waals surface area contributed by atoms with E-state index in [4.69, 9.17) is 11.6 Å². The molecule has 0 atom stereocenters. The molecule has 2 nitrogen and oxygen atoms in total. The Balaban J connectivity index is 1.76. The number of benzene rings is 2. The van der Waals surface area contributed by atoms with Gasteiger partial charge in [-0.05, 0) is 41.8 Å². The van der Waals surface area contributed by atoms with Gasteiger partial charge in [-0.25, -0.2) is 0 Å². The van der Waals surface area contributed by atoms with Crippen LogP contribution in [0.2, 0.25) is 5.02 Å². The SMILES string of the molecule is CCCN1CCN(Cc2ccccc2-c2ccc(Cl)cc2)C1. The highest BCUT2D eigenvalue weighted by atomic mass is 35.5. The lowest BCUT2D eigenvalue weighted by Gasteiger charge is -2.19. The van der Waals surface area contributed by atoms with E-state index in [2.05, 4.69) is 53.1 Å². The first kappa shape index (κ1) is 15.5. The summed E-state index contributed by atoms with van der Waals surface area (Å²) in [4.78, 5) is 5.06. The highest BCUT2D eigenvalue weighted by molar-refractivity contribution is 6.30. The molecule has 3 rings (SSSR count). The maximum atomic E-state index is 6.01. The van der Waals surface area contributed by atoms with Crippen LogP contribution in [-0.4, -0.2) is 36.1 Å². The fraction of sp³-hybridized carbons (Fsp3) is 0.368. The molecule has 0 saturated carbocycles. The second-order valence-corrected chi connectivity index (χ2v) is 6.41. The lowest BCUT2D eigenvalue weighted by atomic mass is 9.99. The monoisotopic (exact) mass is 314 g/mol. The van der Waals surface area contributed by atoms with E-state index in [1.807, 2.05) is 12.1 Å². The molecular weight excluding hydrogens is 292 g/mol. The summed E-state index contributed by atoms with van der Waals surface area (Å²) in [5, 5.41) is 0.788. The Bertz CT molecular complexity index is 609. The summed E-state index contributed by atoms with van der Waals surface area (Å²) in [5.74, 6) is 0. The van der Waals surface area contributed by atoms with Crippen molar-refractivity contribution in [2.24, 2.45) is 0 Å². The molecule has 0 spiro atoms. The first-order valence-electron chi connectivity index (χ1n) is 8.05. The molecule has 0 radical (unpaired) electrons. The van der Waals surface area contributed by atoms with Gasteiger partial charge in [0.05, 0.1) is 6.67 Å². The predicted octanol–water partition coefficient (Wildman–Crippen LogP) is 4.49. The van der Waals surface area contributed by atoms with E-state index in [0.717, 1.165) is 24.8 Å². The molecule has 3 heteroatoms. The normalized spacial score (nSPS) is 16.3. The van der Waals surface area contributed by atoms with Crippen LogP contribution in [0.4, 0.5) is 0 Å². The summed E-state index contributed by atoms with van der Waals surface area (Å²) in [6, 6.07) is 16.8. The third kappa shape index (κ3) is 3.70. The number of rotatable bonds is 5. The molecule has 0 aliphatic carbocycles. The second-order valence-electron chi connectivity index (χ2n) is 5.98. The number of hydrogen-bond donors (Lipinski definition) is 0. The molecule has 22 heavy (non-hydrogen) atoms. The second kappa shape index (κ2) is 7.28. The lowest BCUT2D eigenvalue weighted by Crippen LogP contribution is -2.25. The molecule has 116 valence electrons. The van der Waals surface area contributed by atoms with Crippen LogP contribution in [0, 0.1) is 0 Å². The highest BCUT2D eigenvalue weighted by Crippen LogP contribution is 2.26. The summed E-state index contributed by atoms with van der Waals surface area (Å²) < 4.78 is 0. The molecule has 0 aromatic heterocycles. The predicted molar refractivity (Wildman–Crippen MR) is 94.0 cm³/mol. The third-order valence-corrected chi connectivity index (χ3v) is 4.49. The third-order valence-electron chi connectivity index (χ3n) is 4.24. The minimum Gasteiger partial charge on any atom is -0.289 e. The topological polar surface area (TPSA) is 6.48 Å². The lowest BCUT2D eigenvalue weighted by molar-refractivity contribution is 0.241. The Morgan fingerprint density at radius 2 is 1.68 bits per heavy atom. The zero-order valence-electron chi connectivity index (χ0n) is 13.1. The average Bonchev–Trinajstić information content (AvgIpc) is 2.96. The number of hydrogen-bond acceptors (Lipinski definition) is 2. The molecule has 1 heterocycles. The summed E-state index contributed by atoms with van der Waals surface area (Å²) >= 11 is 6.01. The molecular formula is C19H23ClN2. The fourth-order valence-corrected chi connectivity index (χ4v) is 3.27. The van der Waals surface area contributed by atoms with E-state index in [-0.39, 0.29) is 0 Å². The van der Waals surface area contributed by atoms with E-state index in [1.54, 1.807) is 0 Å².